The number of hydrogen-bond acceptors (Lipinski definition) is 5. The molecule has 1 aliphatic heterocycles. The van der Waals surface area contributed by atoms with E-state index in [4.69, 9.17) is 9.84 Å². The molecule has 2 rings (SSSR count). The van der Waals surface area contributed by atoms with Crippen molar-refractivity contribution in [3.8, 4) is 0 Å². The largest absolute Gasteiger partial charge is 1.00 e. The Hall–Kier alpha value is -1.00. The van der Waals surface area contributed by atoms with E-state index in [1.165, 1.54) is 6.20 Å². The fourth-order valence-electron chi connectivity index (χ4n) is 2.05. The first-order valence-electron chi connectivity index (χ1n) is 5.52. The number of aromatic amines is 1. The normalized spacial score (nSPS) is 30.1. The molecule has 1 aromatic heterocycles. The zero-order valence-corrected chi connectivity index (χ0v) is 11.9. The molecular weight excluding hydrogens is 322 g/mol. The number of hydrogen-bond donors (Lipinski definition) is 4. The van der Waals surface area contributed by atoms with Crippen LogP contribution in [0.4, 0.5) is 0 Å². The quantitative estimate of drug-likeness (QED) is 0.426. The van der Waals surface area contributed by atoms with Gasteiger partial charge < -0.3 is 37.7 Å². The van der Waals surface area contributed by atoms with Gasteiger partial charge in [-0.05, 0) is 6.92 Å². The third-order valence-corrected chi connectivity index (χ3v) is 3.07. The molecule has 3 atom stereocenters. The molecule has 0 saturated carbocycles. The average molecular weight is 338 g/mol. The Kier molecular flexibility index (Phi) is 4.69. The number of aromatic nitrogens is 2. The second kappa shape index (κ2) is 5.55. The van der Waals surface area contributed by atoms with E-state index < -0.39 is 29.3 Å². The summed E-state index contributed by atoms with van der Waals surface area (Å²) in [6.45, 7) is 1.18. The van der Waals surface area contributed by atoms with Crippen LogP contribution in [0.1, 0.15) is 12.0 Å². The lowest BCUT2D eigenvalue weighted by atomic mass is 10.1. The third kappa shape index (κ3) is 2.79. The summed E-state index contributed by atoms with van der Waals surface area (Å²) in [4.78, 5) is 25.2. The van der Waals surface area contributed by atoms with Crippen LogP contribution in [0.2, 0.25) is 0 Å². The Labute approximate surface area is 118 Å². The lowest BCUT2D eigenvalue weighted by Crippen LogP contribution is -3.00. The summed E-state index contributed by atoms with van der Waals surface area (Å²) in [7, 11) is 0. The number of aliphatic hydroxyl groups is 2. The van der Waals surface area contributed by atoms with E-state index in [1.54, 1.807) is 6.92 Å². The number of quaternary nitrogens is 1. The fraction of sp³-hybridized carbons (Fsp3) is 0.600. The van der Waals surface area contributed by atoms with Gasteiger partial charge in [-0.1, -0.05) is 0 Å². The Balaban J connectivity index is 0.00000180. The molecule has 6 N–H and O–H groups in total. The maximum absolute atomic E-state index is 11.7. The van der Waals surface area contributed by atoms with Crippen LogP contribution in [-0.4, -0.2) is 38.6 Å². The number of aryl methyl sites for hydroxylation is 1. The molecule has 1 aromatic rings. The van der Waals surface area contributed by atoms with E-state index >= 15 is 0 Å². The molecule has 0 aliphatic carbocycles. The van der Waals surface area contributed by atoms with Crippen molar-refractivity contribution in [2.75, 3.05) is 6.61 Å². The zero-order valence-electron chi connectivity index (χ0n) is 10.3. The SMILES string of the molecule is Cc1cn([C@@]2([NH3+])C[C@H](O)[C@@H](CO)O2)c(=O)[nH]c1=O.[Br-]. The molecule has 0 unspecified atom stereocenters. The van der Waals surface area contributed by atoms with Gasteiger partial charge in [0.15, 0.2) is 0 Å². The summed E-state index contributed by atoms with van der Waals surface area (Å²) in [5.74, 6) is -1.32. The number of H-pyrrole nitrogens is 1. The molecule has 0 spiro atoms. The van der Waals surface area contributed by atoms with Crippen LogP contribution in [0.25, 0.3) is 0 Å². The summed E-state index contributed by atoms with van der Waals surface area (Å²) < 4.78 is 6.53. The molecule has 9 heteroatoms. The topological polar surface area (TPSA) is 132 Å². The van der Waals surface area contributed by atoms with Gasteiger partial charge in [0, 0.05) is 11.8 Å². The molecule has 108 valence electrons. The van der Waals surface area contributed by atoms with Gasteiger partial charge in [0.2, 0.25) is 0 Å². The van der Waals surface area contributed by atoms with E-state index in [9.17, 15) is 14.7 Å². The highest BCUT2D eigenvalue weighted by molar-refractivity contribution is 5.02. The van der Waals surface area contributed by atoms with Crippen molar-refractivity contribution in [1.82, 2.24) is 9.55 Å². The highest BCUT2D eigenvalue weighted by atomic mass is 79.9. The Morgan fingerprint density at radius 3 is 2.79 bits per heavy atom. The van der Waals surface area contributed by atoms with Crippen LogP contribution in [0, 0.1) is 6.92 Å². The van der Waals surface area contributed by atoms with Crippen LogP contribution in [0.5, 0.6) is 0 Å². The van der Waals surface area contributed by atoms with E-state index in [-0.39, 0.29) is 30.0 Å². The fourth-order valence-corrected chi connectivity index (χ4v) is 2.05. The number of ether oxygens (including phenoxy) is 1. The van der Waals surface area contributed by atoms with Crippen molar-refractivity contribution in [1.29, 1.82) is 0 Å². The van der Waals surface area contributed by atoms with E-state index in [0.717, 1.165) is 4.57 Å². The average Bonchev–Trinajstić information content (AvgIpc) is 2.59. The number of halogens is 1. The van der Waals surface area contributed by atoms with Crippen molar-refractivity contribution in [2.24, 2.45) is 0 Å². The first-order chi connectivity index (χ1) is 8.37. The molecule has 8 nitrogen and oxygen atoms in total. The van der Waals surface area contributed by atoms with Gasteiger partial charge in [-0.3, -0.25) is 9.78 Å². The summed E-state index contributed by atoms with van der Waals surface area (Å²) in [5.41, 5.74) is 2.97. The number of nitrogens with zero attached hydrogens (tertiary/aromatic N) is 1. The minimum absolute atomic E-state index is 0. The minimum Gasteiger partial charge on any atom is -1.00 e. The van der Waals surface area contributed by atoms with Gasteiger partial charge in [0.05, 0.1) is 19.1 Å². The smallest absolute Gasteiger partial charge is 0.335 e. The summed E-state index contributed by atoms with van der Waals surface area (Å²) >= 11 is 0. The number of rotatable bonds is 2. The predicted octanol–water partition coefficient (Wildman–Crippen LogP) is -6.16. The van der Waals surface area contributed by atoms with Crippen LogP contribution in [0.15, 0.2) is 15.8 Å². The van der Waals surface area contributed by atoms with Gasteiger partial charge in [-0.2, -0.15) is 0 Å². The first kappa shape index (κ1) is 16.1. The molecule has 2 heterocycles. The van der Waals surface area contributed by atoms with Crippen molar-refractivity contribution < 1.29 is 37.7 Å². The summed E-state index contributed by atoms with van der Waals surface area (Å²) in [6.07, 6.45) is -0.308. The zero-order chi connectivity index (χ0) is 13.5. The summed E-state index contributed by atoms with van der Waals surface area (Å²) in [6, 6.07) is 0. The van der Waals surface area contributed by atoms with Crippen molar-refractivity contribution in [3.05, 3.63) is 32.6 Å². The Morgan fingerprint density at radius 1 is 1.63 bits per heavy atom. The number of aliphatic hydroxyl groups excluding tert-OH is 2. The van der Waals surface area contributed by atoms with Crippen LogP contribution < -0.4 is 34.0 Å². The first-order valence-corrected chi connectivity index (χ1v) is 5.52. The Bertz CT molecular complexity index is 571. The standard InChI is InChI=1S/C10H15N3O5.BrH/c1-5-3-13(9(17)12-8(5)16)10(11)2-6(15)7(4-14)18-10;/h3,6-7,14-15H,2,4,11H2,1H3,(H,12,16,17);1H/t6-,7+,10-;/m0./s1. The van der Waals surface area contributed by atoms with E-state index in [2.05, 4.69) is 10.7 Å². The maximum atomic E-state index is 11.7. The van der Waals surface area contributed by atoms with Gasteiger partial charge in [-0.25, -0.2) is 9.36 Å². The van der Waals surface area contributed by atoms with Crippen LogP contribution in [0.3, 0.4) is 0 Å². The molecule has 0 aromatic carbocycles. The van der Waals surface area contributed by atoms with Crippen molar-refractivity contribution in [2.45, 2.75) is 31.4 Å². The van der Waals surface area contributed by atoms with Crippen molar-refractivity contribution in [3.63, 3.8) is 0 Å². The van der Waals surface area contributed by atoms with Gasteiger partial charge in [-0.15, -0.1) is 0 Å². The molecule has 1 fully saturated rings. The Morgan fingerprint density at radius 2 is 2.26 bits per heavy atom. The van der Waals surface area contributed by atoms with Crippen molar-refractivity contribution >= 4 is 0 Å². The number of nitrogens with one attached hydrogen (secondary N) is 1. The van der Waals surface area contributed by atoms with Gasteiger partial charge >= 0.3 is 5.69 Å². The third-order valence-electron chi connectivity index (χ3n) is 3.07. The second-order valence-corrected chi connectivity index (χ2v) is 4.50. The molecule has 0 bridgehead atoms. The van der Waals surface area contributed by atoms with Crippen LogP contribution in [-0.2, 0) is 10.6 Å². The predicted molar refractivity (Wildman–Crippen MR) is 59.5 cm³/mol. The molecule has 0 radical (unpaired) electrons. The molecule has 19 heavy (non-hydrogen) atoms. The molecule has 1 aliphatic rings. The summed E-state index contributed by atoms with van der Waals surface area (Å²) in [5, 5.41) is 18.7. The van der Waals surface area contributed by atoms with Gasteiger partial charge in [0.1, 0.15) is 6.10 Å². The minimum atomic E-state index is -1.32. The van der Waals surface area contributed by atoms with Gasteiger partial charge in [0.25, 0.3) is 11.4 Å². The monoisotopic (exact) mass is 337 g/mol. The lowest BCUT2D eigenvalue weighted by molar-refractivity contribution is -0.593. The van der Waals surface area contributed by atoms with E-state index in [1.807, 2.05) is 0 Å². The maximum Gasteiger partial charge on any atom is 0.335 e. The van der Waals surface area contributed by atoms with E-state index in [0.29, 0.717) is 5.56 Å². The lowest BCUT2D eigenvalue weighted by Gasteiger charge is -2.22. The molecular formula is C10H16BrN3O5. The molecule has 1 saturated heterocycles. The highest BCUT2D eigenvalue weighted by Crippen LogP contribution is 2.27. The van der Waals surface area contributed by atoms with Crippen LogP contribution >= 0.6 is 0 Å². The molecule has 0 amide bonds. The second-order valence-electron chi connectivity index (χ2n) is 4.50. The highest BCUT2D eigenvalue weighted by Gasteiger charge is 2.48.